The second-order valence-electron chi connectivity index (χ2n) is 4.67. The molecule has 0 spiro atoms. The van der Waals surface area contributed by atoms with Gasteiger partial charge in [0, 0.05) is 11.4 Å². The molecule has 0 radical (unpaired) electrons. The Morgan fingerprint density at radius 2 is 2.09 bits per heavy atom. The standard InChI is InChI=1S/C17H16ClN3O2/c1-2-23-16-7-6-13(9-15(16)18)20-11-17(22)21-14-5-3-4-12(8-14)10-19/h3-9,20H,2,11H2,1H3,(H,21,22). The number of nitrogens with zero attached hydrogens (tertiary/aromatic N) is 1. The number of ether oxygens (including phenoxy) is 1. The van der Waals surface area contributed by atoms with Crippen LogP contribution in [0.25, 0.3) is 0 Å². The molecule has 6 heteroatoms. The number of rotatable bonds is 6. The summed E-state index contributed by atoms with van der Waals surface area (Å²) in [6, 6.07) is 14.0. The van der Waals surface area contributed by atoms with E-state index in [9.17, 15) is 4.79 Å². The molecule has 0 heterocycles. The maximum Gasteiger partial charge on any atom is 0.243 e. The van der Waals surface area contributed by atoms with E-state index < -0.39 is 0 Å². The molecule has 1 amide bonds. The van der Waals surface area contributed by atoms with Crippen molar-refractivity contribution in [3.05, 3.63) is 53.1 Å². The lowest BCUT2D eigenvalue weighted by atomic mass is 10.2. The van der Waals surface area contributed by atoms with Gasteiger partial charge in [0.25, 0.3) is 0 Å². The third-order valence-electron chi connectivity index (χ3n) is 2.96. The lowest BCUT2D eigenvalue weighted by molar-refractivity contribution is -0.114. The normalized spacial score (nSPS) is 9.78. The van der Waals surface area contributed by atoms with E-state index in [1.54, 1.807) is 42.5 Å². The Bertz CT molecular complexity index is 741. The number of benzene rings is 2. The van der Waals surface area contributed by atoms with Crippen LogP contribution in [-0.2, 0) is 4.79 Å². The van der Waals surface area contributed by atoms with Gasteiger partial charge < -0.3 is 15.4 Å². The van der Waals surface area contributed by atoms with Crippen LogP contribution >= 0.6 is 11.6 Å². The van der Waals surface area contributed by atoms with Crippen molar-refractivity contribution >= 4 is 28.9 Å². The first kappa shape index (κ1) is 16.7. The predicted octanol–water partition coefficient (Wildman–Crippen LogP) is 3.66. The van der Waals surface area contributed by atoms with E-state index in [4.69, 9.17) is 21.6 Å². The van der Waals surface area contributed by atoms with Crippen LogP contribution in [0.3, 0.4) is 0 Å². The molecule has 0 saturated heterocycles. The van der Waals surface area contributed by atoms with Gasteiger partial charge in [0.1, 0.15) is 5.75 Å². The number of hydrogen-bond acceptors (Lipinski definition) is 4. The van der Waals surface area contributed by atoms with E-state index in [0.29, 0.717) is 28.6 Å². The number of carbonyl (C=O) groups excluding carboxylic acids is 1. The molecule has 0 aliphatic rings. The van der Waals surface area contributed by atoms with Crippen LogP contribution in [0.2, 0.25) is 5.02 Å². The first-order valence-corrected chi connectivity index (χ1v) is 7.46. The summed E-state index contributed by atoms with van der Waals surface area (Å²) in [5, 5.41) is 15.0. The van der Waals surface area contributed by atoms with Crippen LogP contribution in [0, 0.1) is 11.3 Å². The highest BCUT2D eigenvalue weighted by Crippen LogP contribution is 2.27. The molecule has 2 rings (SSSR count). The topological polar surface area (TPSA) is 74.2 Å². The molecular formula is C17H16ClN3O2. The van der Waals surface area contributed by atoms with Crippen LogP contribution in [0.1, 0.15) is 12.5 Å². The fraction of sp³-hybridized carbons (Fsp3) is 0.176. The van der Waals surface area contributed by atoms with Gasteiger partial charge in [-0.05, 0) is 43.3 Å². The molecule has 0 unspecified atom stereocenters. The minimum atomic E-state index is -0.218. The van der Waals surface area contributed by atoms with E-state index in [0.717, 1.165) is 5.69 Å². The lowest BCUT2D eigenvalue weighted by Crippen LogP contribution is -2.21. The summed E-state index contributed by atoms with van der Waals surface area (Å²) in [6.45, 7) is 2.51. The zero-order valence-electron chi connectivity index (χ0n) is 12.6. The predicted molar refractivity (Wildman–Crippen MR) is 90.9 cm³/mol. The van der Waals surface area contributed by atoms with Crippen molar-refractivity contribution in [2.45, 2.75) is 6.92 Å². The van der Waals surface area contributed by atoms with Gasteiger partial charge in [-0.3, -0.25) is 4.79 Å². The Morgan fingerprint density at radius 1 is 1.26 bits per heavy atom. The summed E-state index contributed by atoms with van der Waals surface area (Å²) in [6.07, 6.45) is 0. The van der Waals surface area contributed by atoms with Crippen LogP contribution in [0.5, 0.6) is 5.75 Å². The highest BCUT2D eigenvalue weighted by molar-refractivity contribution is 6.32. The fourth-order valence-electron chi connectivity index (χ4n) is 1.94. The molecule has 5 nitrogen and oxygen atoms in total. The summed E-state index contributed by atoms with van der Waals surface area (Å²) in [5.74, 6) is 0.391. The highest BCUT2D eigenvalue weighted by Gasteiger charge is 2.05. The molecule has 2 aromatic carbocycles. The first-order chi connectivity index (χ1) is 11.1. The van der Waals surface area contributed by atoms with Crippen LogP contribution in [0.4, 0.5) is 11.4 Å². The van der Waals surface area contributed by atoms with Crippen molar-refractivity contribution < 1.29 is 9.53 Å². The number of nitrogens with one attached hydrogen (secondary N) is 2. The van der Waals surface area contributed by atoms with Crippen molar-refractivity contribution in [2.75, 3.05) is 23.8 Å². The average Bonchev–Trinajstić information content (AvgIpc) is 2.55. The SMILES string of the molecule is CCOc1ccc(NCC(=O)Nc2cccc(C#N)c2)cc1Cl. The van der Waals surface area contributed by atoms with E-state index in [1.807, 2.05) is 13.0 Å². The van der Waals surface area contributed by atoms with Crippen LogP contribution in [-0.4, -0.2) is 19.1 Å². The third-order valence-corrected chi connectivity index (χ3v) is 3.26. The summed E-state index contributed by atoms with van der Waals surface area (Å²) in [5.41, 5.74) is 1.80. The van der Waals surface area contributed by atoms with E-state index >= 15 is 0 Å². The number of hydrogen-bond donors (Lipinski definition) is 2. The molecule has 0 bridgehead atoms. The molecule has 0 aliphatic carbocycles. The zero-order chi connectivity index (χ0) is 16.7. The highest BCUT2D eigenvalue weighted by atomic mass is 35.5. The molecule has 23 heavy (non-hydrogen) atoms. The largest absolute Gasteiger partial charge is 0.492 e. The molecule has 2 aromatic rings. The smallest absolute Gasteiger partial charge is 0.243 e. The zero-order valence-corrected chi connectivity index (χ0v) is 13.4. The van der Waals surface area contributed by atoms with Gasteiger partial charge in [0.05, 0.1) is 29.8 Å². The molecule has 2 N–H and O–H groups in total. The number of nitriles is 1. The Morgan fingerprint density at radius 3 is 2.78 bits per heavy atom. The average molecular weight is 330 g/mol. The third kappa shape index (κ3) is 4.90. The van der Waals surface area contributed by atoms with Gasteiger partial charge in [-0.1, -0.05) is 17.7 Å². The summed E-state index contributed by atoms with van der Waals surface area (Å²) in [7, 11) is 0. The molecular weight excluding hydrogens is 314 g/mol. The quantitative estimate of drug-likeness (QED) is 0.848. The summed E-state index contributed by atoms with van der Waals surface area (Å²) in [4.78, 5) is 11.9. The summed E-state index contributed by atoms with van der Waals surface area (Å²) < 4.78 is 5.35. The monoisotopic (exact) mass is 329 g/mol. The van der Waals surface area contributed by atoms with Gasteiger partial charge in [0.2, 0.25) is 5.91 Å². The maximum absolute atomic E-state index is 11.9. The summed E-state index contributed by atoms with van der Waals surface area (Å²) >= 11 is 6.09. The molecule has 0 aromatic heterocycles. The van der Waals surface area contributed by atoms with Crippen molar-refractivity contribution in [3.8, 4) is 11.8 Å². The number of halogens is 1. The minimum Gasteiger partial charge on any atom is -0.492 e. The van der Waals surface area contributed by atoms with Gasteiger partial charge in [-0.25, -0.2) is 0 Å². The Labute approximate surface area is 139 Å². The minimum absolute atomic E-state index is 0.0844. The molecule has 0 atom stereocenters. The maximum atomic E-state index is 11.9. The number of amides is 1. The Balaban J connectivity index is 1.91. The lowest BCUT2D eigenvalue weighted by Gasteiger charge is -2.10. The van der Waals surface area contributed by atoms with Crippen molar-refractivity contribution in [1.29, 1.82) is 5.26 Å². The van der Waals surface area contributed by atoms with Crippen LogP contribution < -0.4 is 15.4 Å². The van der Waals surface area contributed by atoms with Gasteiger partial charge in [-0.2, -0.15) is 5.26 Å². The van der Waals surface area contributed by atoms with E-state index in [1.165, 1.54) is 0 Å². The van der Waals surface area contributed by atoms with Crippen molar-refractivity contribution in [3.63, 3.8) is 0 Å². The van der Waals surface area contributed by atoms with Crippen molar-refractivity contribution in [1.82, 2.24) is 0 Å². The van der Waals surface area contributed by atoms with E-state index in [-0.39, 0.29) is 12.5 Å². The second-order valence-corrected chi connectivity index (χ2v) is 5.08. The van der Waals surface area contributed by atoms with Crippen molar-refractivity contribution in [2.24, 2.45) is 0 Å². The molecule has 0 aliphatic heterocycles. The number of carbonyl (C=O) groups is 1. The molecule has 118 valence electrons. The van der Waals surface area contributed by atoms with Gasteiger partial charge in [0.15, 0.2) is 0 Å². The van der Waals surface area contributed by atoms with E-state index in [2.05, 4.69) is 10.6 Å². The van der Waals surface area contributed by atoms with Gasteiger partial charge >= 0.3 is 0 Å². The second kappa shape index (κ2) is 8.06. The Hall–Kier alpha value is -2.71. The number of anilines is 2. The first-order valence-electron chi connectivity index (χ1n) is 7.08. The molecule has 0 fully saturated rings. The van der Waals surface area contributed by atoms with Crippen LogP contribution in [0.15, 0.2) is 42.5 Å². The molecule has 0 saturated carbocycles. The fourth-order valence-corrected chi connectivity index (χ4v) is 2.17. The van der Waals surface area contributed by atoms with Gasteiger partial charge in [-0.15, -0.1) is 0 Å². The Kier molecular flexibility index (Phi) is 5.84.